The predicted molar refractivity (Wildman–Crippen MR) is 68.6 cm³/mol. The number of rotatable bonds is 3. The van der Waals surface area contributed by atoms with Crippen LogP contribution in [-0.2, 0) is 16.2 Å². The van der Waals surface area contributed by atoms with Gasteiger partial charge in [-0.3, -0.25) is 4.72 Å². The maximum Gasteiger partial charge on any atom is 0.417 e. The van der Waals surface area contributed by atoms with E-state index in [0.717, 1.165) is 36.4 Å². The lowest BCUT2D eigenvalue weighted by Crippen LogP contribution is -2.19. The Bertz CT molecular complexity index is 802. The van der Waals surface area contributed by atoms with Gasteiger partial charge in [-0.25, -0.2) is 17.2 Å². The van der Waals surface area contributed by atoms with Gasteiger partial charge in [0, 0.05) is 0 Å². The van der Waals surface area contributed by atoms with E-state index in [-0.39, 0.29) is 0 Å². The van der Waals surface area contributed by atoms with Crippen LogP contribution in [0, 0.1) is 11.6 Å². The number of halogens is 5. The minimum absolute atomic E-state index is 0.580. The van der Waals surface area contributed by atoms with Crippen LogP contribution >= 0.6 is 0 Å². The van der Waals surface area contributed by atoms with Gasteiger partial charge in [0.2, 0.25) is 0 Å². The number of hydrogen-bond acceptors (Lipinski definition) is 2. The number of sulfonamides is 1. The Morgan fingerprint density at radius 3 is 2.18 bits per heavy atom. The lowest BCUT2D eigenvalue weighted by atomic mass is 10.2. The third-order valence-electron chi connectivity index (χ3n) is 2.68. The summed E-state index contributed by atoms with van der Waals surface area (Å²) < 4.78 is 90.7. The van der Waals surface area contributed by atoms with E-state index in [1.807, 2.05) is 0 Å². The first-order valence-corrected chi connectivity index (χ1v) is 7.24. The molecule has 22 heavy (non-hydrogen) atoms. The van der Waals surface area contributed by atoms with E-state index in [4.69, 9.17) is 0 Å². The summed E-state index contributed by atoms with van der Waals surface area (Å²) in [7, 11) is -4.74. The van der Waals surface area contributed by atoms with Gasteiger partial charge in [0.05, 0.1) is 16.1 Å². The van der Waals surface area contributed by atoms with Crippen molar-refractivity contribution in [2.24, 2.45) is 0 Å². The van der Waals surface area contributed by atoms with E-state index in [0.29, 0.717) is 6.07 Å². The largest absolute Gasteiger partial charge is 0.417 e. The molecule has 0 aliphatic rings. The number of hydrogen-bond donors (Lipinski definition) is 1. The van der Waals surface area contributed by atoms with Crippen LogP contribution in [0.5, 0.6) is 0 Å². The van der Waals surface area contributed by atoms with Crippen LogP contribution in [0.4, 0.5) is 27.6 Å². The fraction of sp³-hybridized carbons (Fsp3) is 0.0769. The number of alkyl halides is 3. The Kier molecular flexibility index (Phi) is 4.10. The van der Waals surface area contributed by atoms with Crippen LogP contribution < -0.4 is 4.72 Å². The minimum Gasteiger partial charge on any atom is -0.277 e. The fourth-order valence-electron chi connectivity index (χ4n) is 1.72. The molecule has 0 aromatic heterocycles. The van der Waals surface area contributed by atoms with E-state index in [2.05, 4.69) is 0 Å². The van der Waals surface area contributed by atoms with Crippen molar-refractivity contribution in [3.63, 3.8) is 0 Å². The second-order valence-corrected chi connectivity index (χ2v) is 5.85. The summed E-state index contributed by atoms with van der Waals surface area (Å²) in [6, 6.07) is 6.07. The Labute approximate surface area is 122 Å². The van der Waals surface area contributed by atoms with E-state index in [1.165, 1.54) is 0 Å². The Hall–Kier alpha value is -2.16. The summed E-state index contributed by atoms with van der Waals surface area (Å²) in [5.41, 5.74) is -2.18. The fourth-order valence-corrected chi connectivity index (χ4v) is 3.01. The SMILES string of the molecule is O=S(=O)(Nc1cccc(F)c1F)c1ccccc1C(F)(F)F. The third kappa shape index (κ3) is 3.19. The molecule has 2 aromatic carbocycles. The third-order valence-corrected chi connectivity index (χ3v) is 4.10. The molecule has 0 amide bonds. The molecule has 0 fully saturated rings. The monoisotopic (exact) mass is 337 g/mol. The highest BCUT2D eigenvalue weighted by Crippen LogP contribution is 2.34. The highest BCUT2D eigenvalue weighted by Gasteiger charge is 2.37. The zero-order valence-corrected chi connectivity index (χ0v) is 11.5. The van der Waals surface area contributed by atoms with Crippen molar-refractivity contribution in [2.75, 3.05) is 4.72 Å². The second-order valence-electron chi connectivity index (χ2n) is 4.20. The molecule has 118 valence electrons. The summed E-state index contributed by atoms with van der Waals surface area (Å²) in [5.74, 6) is -2.83. The molecule has 0 bridgehead atoms. The number of benzene rings is 2. The Morgan fingerprint density at radius 1 is 0.909 bits per heavy atom. The quantitative estimate of drug-likeness (QED) is 0.867. The Morgan fingerprint density at radius 2 is 1.55 bits per heavy atom. The first-order valence-electron chi connectivity index (χ1n) is 5.76. The molecule has 9 heteroatoms. The maximum atomic E-state index is 13.5. The number of anilines is 1. The Balaban J connectivity index is 2.51. The van der Waals surface area contributed by atoms with Crippen molar-refractivity contribution in [2.45, 2.75) is 11.1 Å². The van der Waals surface area contributed by atoms with Crippen LogP contribution in [0.15, 0.2) is 47.4 Å². The van der Waals surface area contributed by atoms with E-state index < -0.39 is 44.0 Å². The summed E-state index contributed by atoms with van der Waals surface area (Å²) in [6.07, 6.45) is -4.91. The molecule has 0 atom stereocenters. The van der Waals surface area contributed by atoms with Gasteiger partial charge in [0.25, 0.3) is 10.0 Å². The standard InChI is InChI=1S/C13H8F5NO2S/c14-9-5-3-6-10(12(9)15)19-22(20,21)11-7-2-1-4-8(11)13(16,17)18/h1-7,19H. The van der Waals surface area contributed by atoms with E-state index >= 15 is 0 Å². The molecule has 0 aliphatic heterocycles. The maximum absolute atomic E-state index is 13.5. The van der Waals surface area contributed by atoms with Crippen molar-refractivity contribution < 1.29 is 30.4 Å². The number of nitrogens with one attached hydrogen (secondary N) is 1. The smallest absolute Gasteiger partial charge is 0.277 e. The molecule has 0 unspecified atom stereocenters. The summed E-state index contributed by atoms with van der Waals surface area (Å²) in [6.45, 7) is 0. The summed E-state index contributed by atoms with van der Waals surface area (Å²) in [4.78, 5) is -1.08. The van der Waals surface area contributed by atoms with Crippen molar-refractivity contribution >= 4 is 15.7 Å². The molecule has 0 aliphatic carbocycles. The van der Waals surface area contributed by atoms with Crippen molar-refractivity contribution in [3.05, 3.63) is 59.7 Å². The van der Waals surface area contributed by atoms with Gasteiger partial charge in [-0.2, -0.15) is 13.2 Å². The van der Waals surface area contributed by atoms with Gasteiger partial charge < -0.3 is 0 Å². The normalized spacial score (nSPS) is 12.2. The molecule has 0 saturated carbocycles. The lowest BCUT2D eigenvalue weighted by molar-refractivity contribution is -0.139. The molecule has 0 spiro atoms. The predicted octanol–water partition coefficient (Wildman–Crippen LogP) is 3.78. The van der Waals surface area contributed by atoms with Gasteiger partial charge >= 0.3 is 6.18 Å². The van der Waals surface area contributed by atoms with Gasteiger partial charge in [-0.1, -0.05) is 18.2 Å². The molecule has 3 nitrogen and oxygen atoms in total. The topological polar surface area (TPSA) is 46.2 Å². The molecular formula is C13H8F5NO2S. The molecule has 0 radical (unpaired) electrons. The second kappa shape index (κ2) is 5.56. The zero-order valence-electron chi connectivity index (χ0n) is 10.7. The van der Waals surface area contributed by atoms with E-state index in [1.54, 1.807) is 4.72 Å². The molecule has 0 saturated heterocycles. The molecule has 0 heterocycles. The average molecular weight is 337 g/mol. The van der Waals surface area contributed by atoms with Gasteiger partial charge in [0.15, 0.2) is 11.6 Å². The molecule has 1 N–H and O–H groups in total. The van der Waals surface area contributed by atoms with Crippen molar-refractivity contribution in [3.8, 4) is 0 Å². The lowest BCUT2D eigenvalue weighted by Gasteiger charge is -2.14. The van der Waals surface area contributed by atoms with Gasteiger partial charge in [-0.15, -0.1) is 0 Å². The van der Waals surface area contributed by atoms with Crippen LogP contribution in [0.1, 0.15) is 5.56 Å². The van der Waals surface area contributed by atoms with E-state index in [9.17, 15) is 30.4 Å². The summed E-state index contributed by atoms with van der Waals surface area (Å²) >= 11 is 0. The zero-order chi connectivity index (χ0) is 16.5. The molecular weight excluding hydrogens is 329 g/mol. The average Bonchev–Trinajstić information content (AvgIpc) is 2.43. The van der Waals surface area contributed by atoms with Crippen LogP contribution in [0.3, 0.4) is 0 Å². The van der Waals surface area contributed by atoms with Crippen LogP contribution in [0.25, 0.3) is 0 Å². The first kappa shape index (κ1) is 16.2. The highest BCUT2D eigenvalue weighted by molar-refractivity contribution is 7.92. The minimum atomic E-state index is -4.91. The van der Waals surface area contributed by atoms with Gasteiger partial charge in [-0.05, 0) is 24.3 Å². The summed E-state index contributed by atoms with van der Waals surface area (Å²) in [5, 5.41) is 0. The van der Waals surface area contributed by atoms with Gasteiger partial charge in [0.1, 0.15) is 0 Å². The molecule has 2 rings (SSSR count). The van der Waals surface area contributed by atoms with Crippen molar-refractivity contribution in [1.29, 1.82) is 0 Å². The molecule has 2 aromatic rings. The van der Waals surface area contributed by atoms with Crippen molar-refractivity contribution in [1.82, 2.24) is 0 Å². The van der Waals surface area contributed by atoms with Crippen LogP contribution in [-0.4, -0.2) is 8.42 Å². The highest BCUT2D eigenvalue weighted by atomic mass is 32.2. The first-order chi connectivity index (χ1) is 10.1. The van der Waals surface area contributed by atoms with Crippen LogP contribution in [0.2, 0.25) is 0 Å².